The second-order valence-electron chi connectivity index (χ2n) is 9.84. The monoisotopic (exact) mass is 988 g/mol. The zero-order chi connectivity index (χ0) is 36.7. The van der Waals surface area contributed by atoms with Crippen molar-refractivity contribution in [1.82, 2.24) is 31.1 Å². The normalized spacial score (nSPS) is 12.2. The summed E-state index contributed by atoms with van der Waals surface area (Å²) in [6.07, 6.45) is 0. The van der Waals surface area contributed by atoms with Crippen molar-refractivity contribution in [2.75, 3.05) is 66.5 Å². The maximum absolute atomic E-state index is 8.25. The molecule has 4 bridgehead atoms. The summed E-state index contributed by atoms with van der Waals surface area (Å²) in [5.74, 6) is 0. The number of rotatable bonds is 0. The van der Waals surface area contributed by atoms with Crippen molar-refractivity contribution in [1.29, 1.82) is 0 Å². The number of hydrogen-bond acceptors (Lipinski definition) is 18. The van der Waals surface area contributed by atoms with E-state index in [2.05, 4.69) is 93.7 Å². The van der Waals surface area contributed by atoms with Crippen molar-refractivity contribution in [3.8, 4) is 0 Å². The summed E-state index contributed by atoms with van der Waals surface area (Å²) in [6.45, 7) is 11.9. The van der Waals surface area contributed by atoms with Crippen LogP contribution in [-0.4, -0.2) is 119 Å². The molecule has 0 amide bonds. The average molecular weight is 990 g/mol. The van der Waals surface area contributed by atoms with E-state index in [4.69, 9.17) is 61.3 Å². The Morgan fingerprint density at radius 2 is 0.500 bits per heavy atom. The molecule has 0 aliphatic carbocycles. The minimum absolute atomic E-state index is 0. The van der Waals surface area contributed by atoms with Crippen molar-refractivity contribution >= 4 is 0 Å². The standard InChI is InChI=1S/C26H42N6.4NO3.2Ni.10H2O/c1-31-15-11-27-19-23-3-7-25(8-4-23)21-29-13-17-32(2)18-14-30-22-26-9-5-24(6-10-26)20-28-12-16-31;4*2-1(3)4;;;;;;;;;;;;/h3-10,27-30H,11-22H2,1-2H3;;;;;;;10*1H2/q;4*-1;2*+2;;;;;;;;;;/p+6. The predicted octanol–water partition coefficient (Wildman–Crippen LogP) is -8.17. The molecule has 4 aliphatic rings. The first-order valence-corrected chi connectivity index (χ1v) is 14.2. The van der Waals surface area contributed by atoms with Crippen LogP contribution in [0.3, 0.4) is 0 Å². The summed E-state index contributed by atoms with van der Waals surface area (Å²) < 4.78 is 0. The Labute approximate surface area is 363 Å². The molecule has 4 heterocycles. The zero-order valence-electron chi connectivity index (χ0n) is 32.8. The van der Waals surface area contributed by atoms with Crippen molar-refractivity contribution in [3.05, 3.63) is 132 Å². The summed E-state index contributed by atoms with van der Waals surface area (Å²) in [6, 6.07) is 17.9. The van der Waals surface area contributed by atoms with E-state index < -0.39 is 20.3 Å². The Kier molecular flexibility index (Phi) is 102. The SMILES string of the molecule is CN1CCNCc2ccc(cc2)CNCCN(C)CCNCc2ccc(cc2)CNCC1.O.O.O.O.O=[N+]([O-])[O-].O=[N+]([O-])[O-].O=[N+]([O-])[O-].O=[N+]([O-])[O-].[Ni+2].[Ni+2].[OH3+].[OH3+].[OH3+].[OH3+].[OH3+].[OH3+]. The smallest absolute Gasteiger partial charge is 0.457 e. The maximum Gasteiger partial charge on any atom is 2.00 e. The van der Waals surface area contributed by atoms with Gasteiger partial charge in [-0.3, -0.25) is 0 Å². The van der Waals surface area contributed by atoms with Crippen LogP contribution in [0.25, 0.3) is 0 Å². The predicted molar refractivity (Wildman–Crippen MR) is 220 cm³/mol. The van der Waals surface area contributed by atoms with Crippen molar-refractivity contribution < 1.29 is 108 Å². The largest absolute Gasteiger partial charge is 2.00 e. The van der Waals surface area contributed by atoms with Crippen LogP contribution in [-0.2, 0) is 92.0 Å². The van der Waals surface area contributed by atoms with Gasteiger partial charge in [-0.15, -0.1) is 0 Å². The number of nitrogens with zero attached hydrogens (tertiary/aromatic N) is 6. The molecule has 4 aliphatic heterocycles. The molecule has 32 nitrogen and oxygen atoms in total. The summed E-state index contributed by atoms with van der Waals surface area (Å²) >= 11 is 0. The third-order valence-electron chi connectivity index (χ3n) is 6.04. The number of benzene rings is 2. The van der Waals surface area contributed by atoms with Crippen LogP contribution in [0.5, 0.6) is 0 Å². The molecule has 0 spiro atoms. The minimum atomic E-state index is -1.75. The van der Waals surface area contributed by atoms with E-state index in [1.165, 1.54) is 22.3 Å². The Bertz CT molecular complexity index is 985. The van der Waals surface area contributed by atoms with Crippen LogP contribution in [0.1, 0.15) is 22.3 Å². The maximum atomic E-state index is 8.25. The second kappa shape index (κ2) is 63.7. The van der Waals surface area contributed by atoms with E-state index in [1.54, 1.807) is 0 Å². The van der Waals surface area contributed by atoms with Gasteiger partial charge in [-0.05, 0) is 36.3 Å². The Balaban J connectivity index is -0.0000000548. The minimum Gasteiger partial charge on any atom is -0.457 e. The topological polar surface area (TPSA) is 643 Å². The second-order valence-corrected chi connectivity index (χ2v) is 9.84. The van der Waals surface area contributed by atoms with E-state index in [9.17, 15) is 0 Å². The van der Waals surface area contributed by atoms with Crippen LogP contribution in [0.4, 0.5) is 0 Å². The molecule has 0 atom stereocenters. The van der Waals surface area contributed by atoms with E-state index in [1.807, 2.05) is 0 Å². The van der Waals surface area contributed by atoms with Crippen LogP contribution < -0.4 is 21.3 Å². The summed E-state index contributed by atoms with van der Waals surface area (Å²) in [7, 11) is 4.39. The van der Waals surface area contributed by atoms with Gasteiger partial charge in [0, 0.05) is 78.5 Å². The number of hydrogen-bond donors (Lipinski definition) is 4. The quantitative estimate of drug-likeness (QED) is 0.0824. The molecule has 0 saturated carbocycles. The van der Waals surface area contributed by atoms with Crippen molar-refractivity contribution in [3.63, 3.8) is 0 Å². The molecule has 0 unspecified atom stereocenters. The van der Waals surface area contributed by atoms with Gasteiger partial charge in [0.15, 0.2) is 0 Å². The van der Waals surface area contributed by atoms with Gasteiger partial charge in [0.05, 0.1) is 20.3 Å². The molecule has 0 saturated heterocycles. The van der Waals surface area contributed by atoms with Gasteiger partial charge in [0.25, 0.3) is 0 Å². The molecule has 2 aromatic carbocycles. The summed E-state index contributed by atoms with van der Waals surface area (Å²) in [5.41, 5.74) is 5.38. The van der Waals surface area contributed by atoms with E-state index >= 15 is 0 Å². The average Bonchev–Trinajstić information content (AvgIpc) is 2.98. The molecule has 6 rings (SSSR count). The van der Waals surface area contributed by atoms with Gasteiger partial charge in [0.2, 0.25) is 0 Å². The first kappa shape index (κ1) is 95.8. The Morgan fingerprint density at radius 1 is 0.383 bits per heavy atom. The van der Waals surface area contributed by atoms with Gasteiger partial charge >= 0.3 is 33.0 Å². The first-order chi connectivity index (χ1) is 22.6. The van der Waals surface area contributed by atoms with E-state index in [-0.39, 0.29) is 87.7 Å². The third kappa shape index (κ3) is 78.0. The molecule has 60 heavy (non-hydrogen) atoms. The van der Waals surface area contributed by atoms with Gasteiger partial charge in [-0.2, -0.15) is 0 Å². The molecule has 34 heteroatoms. The summed E-state index contributed by atoms with van der Waals surface area (Å²) in [4.78, 5) is 37.8. The van der Waals surface area contributed by atoms with Crippen LogP contribution in [0, 0.1) is 61.3 Å². The van der Waals surface area contributed by atoms with Gasteiger partial charge in [-0.1, -0.05) is 48.5 Å². The fourth-order valence-electron chi connectivity index (χ4n) is 3.78. The van der Waals surface area contributed by atoms with Crippen molar-refractivity contribution in [2.45, 2.75) is 26.2 Å². The number of likely N-dealkylation sites (N-methyl/N-ethyl adjacent to an activating group) is 2. The summed E-state index contributed by atoms with van der Waals surface area (Å²) in [5, 5.41) is 73.3. The van der Waals surface area contributed by atoms with Crippen LogP contribution in [0.2, 0.25) is 0 Å². The molecule has 0 aromatic heterocycles. The van der Waals surface area contributed by atoms with Crippen LogP contribution in [0.15, 0.2) is 48.5 Å². The molecule has 0 radical (unpaired) electrons. The molecule has 368 valence electrons. The molecule has 30 N–H and O–H groups in total. The van der Waals surface area contributed by atoms with Crippen LogP contribution >= 0.6 is 0 Å². The Hall–Kier alpha value is -4.41. The number of nitrogens with one attached hydrogen (secondary N) is 4. The van der Waals surface area contributed by atoms with Crippen molar-refractivity contribution in [2.24, 2.45) is 0 Å². The van der Waals surface area contributed by atoms with Gasteiger partial charge in [-0.25, -0.2) is 0 Å². The Morgan fingerprint density at radius 3 is 0.617 bits per heavy atom. The first-order valence-electron chi connectivity index (χ1n) is 14.2. The fraction of sp³-hybridized carbons (Fsp3) is 0.538. The van der Waals surface area contributed by atoms with Gasteiger partial charge < -0.3 is 147 Å². The van der Waals surface area contributed by atoms with E-state index in [0.29, 0.717) is 0 Å². The third-order valence-corrected chi connectivity index (χ3v) is 6.04. The van der Waals surface area contributed by atoms with Gasteiger partial charge in [0.1, 0.15) is 0 Å². The zero-order valence-corrected chi connectivity index (χ0v) is 34.8. The molecule has 0 fully saturated rings. The molecule has 2 aromatic rings. The molecular formula is C26H68N10Ni2O22+6. The van der Waals surface area contributed by atoms with E-state index in [0.717, 1.165) is 78.5 Å². The fourth-order valence-corrected chi connectivity index (χ4v) is 3.78. The molecular weight excluding hydrogens is 922 g/mol.